The largest absolute Gasteiger partial charge is 0.503 e. The number of aromatic hydroxyl groups is 1. The summed E-state index contributed by atoms with van der Waals surface area (Å²) in [5.74, 6) is -0.137. The average molecular weight is 252 g/mol. The van der Waals surface area contributed by atoms with Crippen molar-refractivity contribution in [2.75, 3.05) is 26.3 Å². The lowest BCUT2D eigenvalue weighted by molar-refractivity contribution is 0.0178. The molecule has 1 aliphatic rings. The van der Waals surface area contributed by atoms with Crippen LogP contribution in [0.3, 0.4) is 0 Å². The summed E-state index contributed by atoms with van der Waals surface area (Å²) in [6.07, 6.45) is 0. The molecule has 1 atom stereocenters. The van der Waals surface area contributed by atoms with E-state index in [-0.39, 0.29) is 17.2 Å². The van der Waals surface area contributed by atoms with Gasteiger partial charge in [-0.25, -0.2) is 0 Å². The molecule has 0 spiro atoms. The van der Waals surface area contributed by atoms with Gasteiger partial charge in [-0.1, -0.05) is 0 Å². The normalized spacial score (nSPS) is 18.8. The molecule has 2 heterocycles. The fourth-order valence-electron chi connectivity index (χ4n) is 2.45. The molecule has 0 amide bonds. The van der Waals surface area contributed by atoms with Crippen molar-refractivity contribution < 1.29 is 9.84 Å². The lowest BCUT2D eigenvalue weighted by atomic mass is 10.1. The number of aromatic nitrogens is 1. The van der Waals surface area contributed by atoms with Crippen LogP contribution in [0.1, 0.15) is 24.4 Å². The van der Waals surface area contributed by atoms with Gasteiger partial charge in [-0.2, -0.15) is 0 Å². The molecule has 18 heavy (non-hydrogen) atoms. The Balaban J connectivity index is 2.40. The van der Waals surface area contributed by atoms with Gasteiger partial charge in [-0.15, -0.1) is 0 Å². The predicted octanol–water partition coefficient (Wildman–Crippen LogP) is 0.793. The Hall–Kier alpha value is -1.33. The van der Waals surface area contributed by atoms with E-state index in [4.69, 9.17) is 4.74 Å². The van der Waals surface area contributed by atoms with Crippen molar-refractivity contribution in [2.24, 2.45) is 7.05 Å². The SMILES string of the molecule is Cc1cc(=O)c(O)c(C(C)N2CCOCC2)n1C. The molecule has 0 aliphatic carbocycles. The van der Waals surface area contributed by atoms with Gasteiger partial charge in [-0.05, 0) is 13.8 Å². The van der Waals surface area contributed by atoms with Crippen molar-refractivity contribution in [3.63, 3.8) is 0 Å². The van der Waals surface area contributed by atoms with Crippen LogP contribution in [0.15, 0.2) is 10.9 Å². The summed E-state index contributed by atoms with van der Waals surface area (Å²) >= 11 is 0. The minimum Gasteiger partial charge on any atom is -0.503 e. The molecule has 1 unspecified atom stereocenters. The number of aryl methyl sites for hydroxylation is 1. The molecule has 0 radical (unpaired) electrons. The first-order valence-corrected chi connectivity index (χ1v) is 6.23. The van der Waals surface area contributed by atoms with Gasteiger partial charge in [0.15, 0.2) is 5.75 Å². The molecule has 1 fully saturated rings. The van der Waals surface area contributed by atoms with E-state index in [0.29, 0.717) is 18.9 Å². The van der Waals surface area contributed by atoms with Crippen LogP contribution < -0.4 is 5.43 Å². The number of hydrogen-bond acceptors (Lipinski definition) is 4. The molecular weight excluding hydrogens is 232 g/mol. The zero-order valence-electron chi connectivity index (χ0n) is 11.1. The molecule has 1 saturated heterocycles. The highest BCUT2D eigenvalue weighted by Gasteiger charge is 2.24. The van der Waals surface area contributed by atoms with Crippen molar-refractivity contribution in [1.82, 2.24) is 9.47 Å². The van der Waals surface area contributed by atoms with E-state index >= 15 is 0 Å². The molecule has 1 N–H and O–H groups in total. The monoisotopic (exact) mass is 252 g/mol. The number of rotatable bonds is 2. The smallest absolute Gasteiger partial charge is 0.223 e. The van der Waals surface area contributed by atoms with Gasteiger partial charge in [0, 0.05) is 31.9 Å². The Kier molecular flexibility index (Phi) is 3.73. The highest BCUT2D eigenvalue weighted by atomic mass is 16.5. The summed E-state index contributed by atoms with van der Waals surface area (Å²) in [5.41, 5.74) is 1.23. The fourth-order valence-corrected chi connectivity index (χ4v) is 2.45. The van der Waals surface area contributed by atoms with Crippen molar-refractivity contribution in [3.05, 3.63) is 27.7 Å². The minimum atomic E-state index is -0.305. The molecule has 1 aromatic rings. The summed E-state index contributed by atoms with van der Waals surface area (Å²) in [4.78, 5) is 13.9. The zero-order valence-corrected chi connectivity index (χ0v) is 11.1. The van der Waals surface area contributed by atoms with Crippen LogP contribution in [-0.4, -0.2) is 40.9 Å². The molecule has 0 aromatic carbocycles. The van der Waals surface area contributed by atoms with E-state index in [1.807, 2.05) is 25.5 Å². The fraction of sp³-hybridized carbons (Fsp3) is 0.615. The summed E-state index contributed by atoms with van der Waals surface area (Å²) in [7, 11) is 1.88. The average Bonchev–Trinajstić information content (AvgIpc) is 2.37. The molecule has 5 nitrogen and oxygen atoms in total. The number of hydrogen-bond donors (Lipinski definition) is 1. The summed E-state index contributed by atoms with van der Waals surface area (Å²) in [5, 5.41) is 10.0. The molecule has 2 rings (SSSR count). The Morgan fingerprint density at radius 2 is 2.00 bits per heavy atom. The maximum absolute atomic E-state index is 11.7. The summed E-state index contributed by atoms with van der Waals surface area (Å²) in [6, 6.07) is 1.47. The molecule has 0 saturated carbocycles. The van der Waals surface area contributed by atoms with Gasteiger partial charge < -0.3 is 14.4 Å². The number of nitrogens with zero attached hydrogens (tertiary/aromatic N) is 2. The quantitative estimate of drug-likeness (QED) is 0.845. The van der Waals surface area contributed by atoms with E-state index in [2.05, 4.69) is 4.90 Å². The van der Waals surface area contributed by atoms with Crippen molar-refractivity contribution in [2.45, 2.75) is 19.9 Å². The van der Waals surface area contributed by atoms with Crippen LogP contribution in [0.2, 0.25) is 0 Å². The Morgan fingerprint density at radius 1 is 1.39 bits per heavy atom. The van der Waals surface area contributed by atoms with E-state index in [9.17, 15) is 9.90 Å². The maximum atomic E-state index is 11.7. The number of ether oxygens (including phenoxy) is 1. The Morgan fingerprint density at radius 3 is 2.61 bits per heavy atom. The Labute approximate surface area is 107 Å². The molecular formula is C13H20N2O3. The first kappa shape index (κ1) is 13.1. The highest BCUT2D eigenvalue weighted by Crippen LogP contribution is 2.26. The van der Waals surface area contributed by atoms with E-state index in [1.54, 1.807) is 0 Å². The van der Waals surface area contributed by atoms with E-state index < -0.39 is 0 Å². The molecule has 100 valence electrons. The molecule has 1 aromatic heterocycles. The van der Waals surface area contributed by atoms with E-state index in [1.165, 1.54) is 6.07 Å². The summed E-state index contributed by atoms with van der Waals surface area (Å²) < 4.78 is 7.21. The third-order valence-electron chi connectivity index (χ3n) is 3.70. The first-order chi connectivity index (χ1) is 8.52. The molecule has 1 aliphatic heterocycles. The van der Waals surface area contributed by atoms with Gasteiger partial charge in [0.05, 0.1) is 24.9 Å². The minimum absolute atomic E-state index is 0.00602. The van der Waals surface area contributed by atoms with Gasteiger partial charge >= 0.3 is 0 Å². The van der Waals surface area contributed by atoms with Crippen molar-refractivity contribution in [3.8, 4) is 5.75 Å². The molecule has 0 bridgehead atoms. The second-order valence-corrected chi connectivity index (χ2v) is 4.77. The second-order valence-electron chi connectivity index (χ2n) is 4.77. The Bertz CT molecular complexity index is 490. The standard InChI is InChI=1S/C13H20N2O3/c1-9-8-11(16)13(17)12(14(9)3)10(2)15-4-6-18-7-5-15/h8,10,17H,4-7H2,1-3H3. The van der Waals surface area contributed by atoms with Crippen LogP contribution in [0.4, 0.5) is 0 Å². The second kappa shape index (κ2) is 5.12. The first-order valence-electron chi connectivity index (χ1n) is 6.23. The number of morpholine rings is 1. The highest BCUT2D eigenvalue weighted by molar-refractivity contribution is 5.31. The lowest BCUT2D eigenvalue weighted by Gasteiger charge is -2.33. The van der Waals surface area contributed by atoms with Crippen LogP contribution in [0, 0.1) is 6.92 Å². The third kappa shape index (κ3) is 2.28. The van der Waals surface area contributed by atoms with Crippen LogP contribution in [0.5, 0.6) is 5.75 Å². The molecule has 5 heteroatoms. The van der Waals surface area contributed by atoms with Crippen molar-refractivity contribution in [1.29, 1.82) is 0 Å². The van der Waals surface area contributed by atoms with Gasteiger partial charge in [0.2, 0.25) is 5.43 Å². The van der Waals surface area contributed by atoms with Gasteiger partial charge in [0.25, 0.3) is 0 Å². The van der Waals surface area contributed by atoms with Gasteiger partial charge in [-0.3, -0.25) is 9.69 Å². The van der Waals surface area contributed by atoms with Crippen LogP contribution >= 0.6 is 0 Å². The predicted molar refractivity (Wildman–Crippen MR) is 68.9 cm³/mol. The lowest BCUT2D eigenvalue weighted by Crippen LogP contribution is -2.39. The zero-order chi connectivity index (χ0) is 13.3. The number of pyridine rings is 1. The van der Waals surface area contributed by atoms with Crippen LogP contribution in [0.25, 0.3) is 0 Å². The summed E-state index contributed by atoms with van der Waals surface area (Å²) in [6.45, 7) is 6.93. The van der Waals surface area contributed by atoms with E-state index in [0.717, 1.165) is 18.8 Å². The van der Waals surface area contributed by atoms with Crippen molar-refractivity contribution >= 4 is 0 Å². The maximum Gasteiger partial charge on any atom is 0.223 e. The topological polar surface area (TPSA) is 54.7 Å². The van der Waals surface area contributed by atoms with Crippen LogP contribution in [-0.2, 0) is 11.8 Å². The third-order valence-corrected chi connectivity index (χ3v) is 3.70. The van der Waals surface area contributed by atoms with Gasteiger partial charge in [0.1, 0.15) is 0 Å².